The molecular weight excluding hydrogens is 323 g/mol. The fourth-order valence-electron chi connectivity index (χ4n) is 1.87. The second-order valence-corrected chi connectivity index (χ2v) is 5.03. The minimum Gasteiger partial charge on any atom is -0.268 e. The van der Waals surface area contributed by atoms with Crippen molar-refractivity contribution in [3.8, 4) is 0 Å². The van der Waals surface area contributed by atoms with Crippen LogP contribution in [-0.2, 0) is 11.8 Å². The van der Waals surface area contributed by atoms with Crippen LogP contribution in [0.3, 0.4) is 0 Å². The Morgan fingerprint density at radius 3 is 2.61 bits per heavy atom. The molecule has 0 unspecified atom stereocenters. The van der Waals surface area contributed by atoms with Gasteiger partial charge in [-0.25, -0.2) is 4.39 Å². The quantitative estimate of drug-likeness (QED) is 0.665. The van der Waals surface area contributed by atoms with Crippen molar-refractivity contribution in [3.63, 3.8) is 0 Å². The number of nitrogens with one attached hydrogen (secondary N) is 2. The summed E-state index contributed by atoms with van der Waals surface area (Å²) in [7, 11) is 1.68. The molecule has 0 spiro atoms. The Labute approximate surface area is 136 Å². The summed E-state index contributed by atoms with van der Waals surface area (Å²) in [4.78, 5) is 23.4. The number of nitrogens with zero attached hydrogens (tertiary/aromatic N) is 2. The Balaban J connectivity index is 1.96. The van der Waals surface area contributed by atoms with Crippen LogP contribution in [0.4, 0.5) is 4.39 Å². The molecule has 0 aliphatic heterocycles. The van der Waals surface area contributed by atoms with E-state index in [9.17, 15) is 14.0 Å². The Morgan fingerprint density at radius 1 is 1.30 bits per heavy atom. The van der Waals surface area contributed by atoms with Crippen molar-refractivity contribution in [1.29, 1.82) is 0 Å². The molecule has 0 radical (unpaired) electrons. The first-order chi connectivity index (χ1) is 10.9. The number of carbonyl (C=O) groups excluding carboxylic acids is 2. The largest absolute Gasteiger partial charge is 0.272 e. The molecule has 0 atom stereocenters. The Hall–Kier alpha value is -2.67. The van der Waals surface area contributed by atoms with E-state index in [4.69, 9.17) is 11.6 Å². The zero-order chi connectivity index (χ0) is 17.0. The molecule has 0 bridgehead atoms. The zero-order valence-electron chi connectivity index (χ0n) is 12.4. The number of aromatic nitrogens is 2. The van der Waals surface area contributed by atoms with Crippen LogP contribution in [0.1, 0.15) is 21.6 Å². The third kappa shape index (κ3) is 3.95. The molecule has 2 aromatic rings. The predicted octanol–water partition coefficient (Wildman–Crippen LogP) is 2.00. The number of rotatable bonds is 3. The molecule has 23 heavy (non-hydrogen) atoms. The highest BCUT2D eigenvalue weighted by Crippen LogP contribution is 2.19. The molecule has 120 valence electrons. The molecule has 0 fully saturated rings. The van der Waals surface area contributed by atoms with Crippen molar-refractivity contribution in [3.05, 3.63) is 58.1 Å². The predicted molar refractivity (Wildman–Crippen MR) is 84.0 cm³/mol. The fraction of sp³-hybridized carbons (Fsp3) is 0.133. The molecule has 1 aromatic heterocycles. The summed E-state index contributed by atoms with van der Waals surface area (Å²) in [6, 6.07) is 5.45. The van der Waals surface area contributed by atoms with Gasteiger partial charge in [-0.05, 0) is 25.1 Å². The van der Waals surface area contributed by atoms with Crippen LogP contribution in [0, 0.1) is 12.7 Å². The molecule has 0 aliphatic carbocycles. The topological polar surface area (TPSA) is 76.0 Å². The molecule has 6 nitrogen and oxygen atoms in total. The summed E-state index contributed by atoms with van der Waals surface area (Å²) < 4.78 is 14.9. The van der Waals surface area contributed by atoms with E-state index in [2.05, 4.69) is 16.0 Å². The summed E-state index contributed by atoms with van der Waals surface area (Å²) in [5.74, 6) is -2.01. The van der Waals surface area contributed by atoms with Crippen LogP contribution in [0.5, 0.6) is 0 Å². The second kappa shape index (κ2) is 7.06. The number of amides is 2. The van der Waals surface area contributed by atoms with Gasteiger partial charge in [-0.15, -0.1) is 0 Å². The SMILES string of the molecule is Cc1nn(C)c(Cl)c1/C=C/C(=O)NNC(=O)c1ccccc1F. The minimum absolute atomic E-state index is 0.164. The molecule has 2 amide bonds. The summed E-state index contributed by atoms with van der Waals surface area (Å²) >= 11 is 6.03. The van der Waals surface area contributed by atoms with Crippen LogP contribution in [-0.4, -0.2) is 21.6 Å². The molecule has 2 N–H and O–H groups in total. The normalized spacial score (nSPS) is 10.8. The number of hydrogen-bond acceptors (Lipinski definition) is 3. The number of benzene rings is 1. The summed E-state index contributed by atoms with van der Waals surface area (Å²) in [6.45, 7) is 1.75. The van der Waals surface area contributed by atoms with Crippen molar-refractivity contribution >= 4 is 29.5 Å². The van der Waals surface area contributed by atoms with Gasteiger partial charge in [0.1, 0.15) is 11.0 Å². The van der Waals surface area contributed by atoms with Crippen molar-refractivity contribution in [2.45, 2.75) is 6.92 Å². The van der Waals surface area contributed by atoms with Crippen molar-refractivity contribution in [2.24, 2.45) is 7.05 Å². The summed E-state index contributed by atoms with van der Waals surface area (Å²) in [5.41, 5.74) is 5.39. The van der Waals surface area contributed by atoms with E-state index < -0.39 is 17.6 Å². The van der Waals surface area contributed by atoms with Gasteiger partial charge in [0.15, 0.2) is 0 Å². The lowest BCUT2D eigenvalue weighted by Gasteiger charge is -2.05. The molecule has 8 heteroatoms. The molecule has 1 aromatic carbocycles. The van der Waals surface area contributed by atoms with Gasteiger partial charge in [0.2, 0.25) is 0 Å². The van der Waals surface area contributed by atoms with E-state index in [0.717, 1.165) is 6.07 Å². The van der Waals surface area contributed by atoms with E-state index in [0.29, 0.717) is 16.4 Å². The lowest BCUT2D eigenvalue weighted by molar-refractivity contribution is -0.117. The van der Waals surface area contributed by atoms with Crippen LogP contribution in [0.25, 0.3) is 6.08 Å². The Morgan fingerprint density at radius 2 is 2.00 bits per heavy atom. The molecule has 2 rings (SSSR count). The molecular formula is C15H14ClFN4O2. The maximum Gasteiger partial charge on any atom is 0.272 e. The van der Waals surface area contributed by atoms with Gasteiger partial charge in [0.25, 0.3) is 11.8 Å². The molecule has 0 saturated heterocycles. The van der Waals surface area contributed by atoms with Gasteiger partial charge in [-0.1, -0.05) is 23.7 Å². The van der Waals surface area contributed by atoms with Crippen molar-refractivity contribution < 1.29 is 14.0 Å². The second-order valence-electron chi connectivity index (χ2n) is 4.67. The highest BCUT2D eigenvalue weighted by atomic mass is 35.5. The number of carbonyl (C=O) groups is 2. The zero-order valence-corrected chi connectivity index (χ0v) is 13.2. The van der Waals surface area contributed by atoms with Gasteiger partial charge in [0, 0.05) is 18.7 Å². The maximum absolute atomic E-state index is 13.4. The third-order valence-corrected chi connectivity index (χ3v) is 3.46. The van der Waals surface area contributed by atoms with Crippen LogP contribution < -0.4 is 10.9 Å². The molecule has 1 heterocycles. The number of hydrazine groups is 1. The standard InChI is InChI=1S/C15H14ClFN4O2/c1-9-10(14(16)21(2)20-9)7-8-13(22)18-19-15(23)11-5-3-4-6-12(11)17/h3-8H,1-2H3,(H,18,22)(H,19,23)/b8-7+. The van der Waals surface area contributed by atoms with E-state index in [1.165, 1.54) is 35.0 Å². The fourth-order valence-corrected chi connectivity index (χ4v) is 2.11. The summed E-state index contributed by atoms with van der Waals surface area (Å²) in [6.07, 6.45) is 2.67. The van der Waals surface area contributed by atoms with Crippen LogP contribution in [0.15, 0.2) is 30.3 Å². The average molecular weight is 337 g/mol. The average Bonchev–Trinajstić information content (AvgIpc) is 2.76. The number of halogens is 2. The molecule has 0 aliphatic rings. The highest BCUT2D eigenvalue weighted by molar-refractivity contribution is 6.31. The van der Waals surface area contributed by atoms with Crippen LogP contribution >= 0.6 is 11.6 Å². The van der Waals surface area contributed by atoms with Gasteiger partial charge in [-0.3, -0.25) is 25.1 Å². The summed E-state index contributed by atoms with van der Waals surface area (Å²) in [5, 5.41) is 4.49. The molecule has 0 saturated carbocycles. The Kier molecular flexibility index (Phi) is 5.13. The van der Waals surface area contributed by atoms with E-state index in [1.54, 1.807) is 14.0 Å². The van der Waals surface area contributed by atoms with Gasteiger partial charge in [0.05, 0.1) is 11.3 Å². The van der Waals surface area contributed by atoms with Gasteiger partial charge < -0.3 is 0 Å². The first-order valence-electron chi connectivity index (χ1n) is 6.62. The highest BCUT2D eigenvalue weighted by Gasteiger charge is 2.11. The maximum atomic E-state index is 13.4. The number of hydrogen-bond donors (Lipinski definition) is 2. The van der Waals surface area contributed by atoms with Crippen LogP contribution in [0.2, 0.25) is 5.15 Å². The van der Waals surface area contributed by atoms with E-state index in [-0.39, 0.29) is 5.56 Å². The first-order valence-corrected chi connectivity index (χ1v) is 7.00. The van der Waals surface area contributed by atoms with Gasteiger partial charge in [-0.2, -0.15) is 5.10 Å². The lowest BCUT2D eigenvalue weighted by Crippen LogP contribution is -2.41. The smallest absolute Gasteiger partial charge is 0.268 e. The van der Waals surface area contributed by atoms with Crippen molar-refractivity contribution in [1.82, 2.24) is 20.6 Å². The monoisotopic (exact) mass is 336 g/mol. The van der Waals surface area contributed by atoms with Crippen molar-refractivity contribution in [2.75, 3.05) is 0 Å². The van der Waals surface area contributed by atoms with E-state index >= 15 is 0 Å². The number of aryl methyl sites for hydroxylation is 2. The first kappa shape index (κ1) is 16.7. The third-order valence-electron chi connectivity index (χ3n) is 3.02. The minimum atomic E-state index is -0.750. The lowest BCUT2D eigenvalue weighted by atomic mass is 10.2. The Bertz CT molecular complexity index is 786. The van der Waals surface area contributed by atoms with E-state index in [1.807, 2.05) is 0 Å². The van der Waals surface area contributed by atoms with Gasteiger partial charge >= 0.3 is 0 Å².